The van der Waals surface area contributed by atoms with Gasteiger partial charge >= 0.3 is 0 Å². The van der Waals surface area contributed by atoms with Crippen molar-refractivity contribution < 1.29 is 4.79 Å². The Labute approximate surface area is 119 Å². The van der Waals surface area contributed by atoms with E-state index in [4.69, 9.17) is 23.1 Å². The third kappa shape index (κ3) is 1.96. The second-order valence-corrected chi connectivity index (χ2v) is 4.66. The molecule has 7 heteroatoms. The van der Waals surface area contributed by atoms with Gasteiger partial charge in [0, 0.05) is 16.8 Å². The molecular formula is C13H10ClN5O. The van der Waals surface area contributed by atoms with Crippen molar-refractivity contribution in [1.82, 2.24) is 14.4 Å². The molecule has 0 aliphatic rings. The SMILES string of the molecule is NC(=O)c1cnc(N)c2nc(-c3ccc(Cl)cc3)cn12. The number of carbonyl (C=O) groups is 1. The van der Waals surface area contributed by atoms with Gasteiger partial charge in [-0.25, -0.2) is 9.97 Å². The first kappa shape index (κ1) is 12.4. The van der Waals surface area contributed by atoms with Crippen LogP contribution in [0.4, 0.5) is 5.82 Å². The summed E-state index contributed by atoms with van der Waals surface area (Å²) in [5, 5.41) is 0.636. The molecular weight excluding hydrogens is 278 g/mol. The number of hydrogen-bond donors (Lipinski definition) is 2. The zero-order valence-electron chi connectivity index (χ0n) is 10.2. The van der Waals surface area contributed by atoms with Crippen molar-refractivity contribution in [2.45, 2.75) is 0 Å². The zero-order valence-corrected chi connectivity index (χ0v) is 11.0. The number of nitrogens with zero attached hydrogens (tertiary/aromatic N) is 3. The fraction of sp³-hybridized carbons (Fsp3) is 0. The third-order valence-electron chi connectivity index (χ3n) is 2.91. The number of carbonyl (C=O) groups excluding carboxylic acids is 1. The molecule has 3 rings (SSSR count). The van der Waals surface area contributed by atoms with Crippen LogP contribution in [-0.2, 0) is 0 Å². The van der Waals surface area contributed by atoms with Gasteiger partial charge in [0.05, 0.1) is 11.9 Å². The van der Waals surface area contributed by atoms with E-state index in [2.05, 4.69) is 9.97 Å². The summed E-state index contributed by atoms with van der Waals surface area (Å²) < 4.78 is 1.54. The van der Waals surface area contributed by atoms with E-state index in [1.165, 1.54) is 10.6 Å². The van der Waals surface area contributed by atoms with Crippen molar-refractivity contribution in [3.8, 4) is 11.3 Å². The lowest BCUT2D eigenvalue weighted by Gasteiger charge is -2.01. The average molecular weight is 288 g/mol. The lowest BCUT2D eigenvalue weighted by atomic mass is 10.2. The van der Waals surface area contributed by atoms with E-state index >= 15 is 0 Å². The van der Waals surface area contributed by atoms with E-state index < -0.39 is 5.91 Å². The van der Waals surface area contributed by atoms with Crippen molar-refractivity contribution >= 4 is 29.0 Å². The Morgan fingerprint density at radius 2 is 1.95 bits per heavy atom. The molecule has 0 aliphatic carbocycles. The first-order chi connectivity index (χ1) is 9.56. The second-order valence-electron chi connectivity index (χ2n) is 4.22. The van der Waals surface area contributed by atoms with Gasteiger partial charge in [-0.1, -0.05) is 23.7 Å². The van der Waals surface area contributed by atoms with Crippen LogP contribution in [0.1, 0.15) is 10.5 Å². The number of fused-ring (bicyclic) bond motifs is 1. The number of nitrogens with two attached hydrogens (primary N) is 2. The Kier molecular flexibility index (Phi) is 2.80. The molecule has 2 heterocycles. The largest absolute Gasteiger partial charge is 0.381 e. The van der Waals surface area contributed by atoms with Gasteiger partial charge in [-0.05, 0) is 12.1 Å². The number of amides is 1. The van der Waals surface area contributed by atoms with E-state index in [-0.39, 0.29) is 11.5 Å². The summed E-state index contributed by atoms with van der Waals surface area (Å²) in [5.41, 5.74) is 13.2. The normalized spacial score (nSPS) is 10.8. The maximum atomic E-state index is 11.4. The summed E-state index contributed by atoms with van der Waals surface area (Å²) in [6, 6.07) is 7.18. The van der Waals surface area contributed by atoms with Crippen LogP contribution in [0, 0.1) is 0 Å². The molecule has 3 aromatic rings. The quantitative estimate of drug-likeness (QED) is 0.749. The van der Waals surface area contributed by atoms with Crippen LogP contribution in [0.25, 0.3) is 16.9 Å². The topological polar surface area (TPSA) is 99.3 Å². The van der Waals surface area contributed by atoms with Gasteiger partial charge in [0.25, 0.3) is 5.91 Å². The molecule has 1 amide bonds. The number of aromatic nitrogens is 3. The number of anilines is 1. The number of hydrogen-bond acceptors (Lipinski definition) is 4. The smallest absolute Gasteiger partial charge is 0.267 e. The minimum atomic E-state index is -0.595. The van der Waals surface area contributed by atoms with E-state index in [1.54, 1.807) is 18.3 Å². The molecule has 0 fully saturated rings. The summed E-state index contributed by atoms with van der Waals surface area (Å²) in [7, 11) is 0. The number of primary amides is 1. The van der Waals surface area contributed by atoms with Gasteiger partial charge in [-0.3, -0.25) is 9.20 Å². The van der Waals surface area contributed by atoms with E-state index in [0.29, 0.717) is 16.4 Å². The van der Waals surface area contributed by atoms with Crippen LogP contribution < -0.4 is 11.5 Å². The Bertz CT molecular complexity index is 809. The molecule has 6 nitrogen and oxygen atoms in total. The molecule has 0 saturated carbocycles. The average Bonchev–Trinajstić information content (AvgIpc) is 2.85. The molecule has 0 bridgehead atoms. The van der Waals surface area contributed by atoms with Crippen LogP contribution >= 0.6 is 11.6 Å². The number of imidazole rings is 1. The molecule has 0 saturated heterocycles. The number of halogens is 1. The Morgan fingerprint density at radius 1 is 1.25 bits per heavy atom. The van der Waals surface area contributed by atoms with E-state index in [1.807, 2.05) is 12.1 Å². The second kappa shape index (κ2) is 4.50. The van der Waals surface area contributed by atoms with Gasteiger partial charge in [0.2, 0.25) is 0 Å². The summed E-state index contributed by atoms with van der Waals surface area (Å²) in [6.45, 7) is 0. The maximum Gasteiger partial charge on any atom is 0.267 e. The Balaban J connectivity index is 2.24. The number of benzene rings is 1. The van der Waals surface area contributed by atoms with Gasteiger partial charge in [0.1, 0.15) is 5.69 Å². The standard InChI is InChI=1S/C13H10ClN5O/c14-8-3-1-7(2-4-8)9-6-19-10(12(16)20)5-17-11(15)13(19)18-9/h1-6H,(H2,15,17)(H2,16,20). The van der Waals surface area contributed by atoms with Crippen molar-refractivity contribution in [3.63, 3.8) is 0 Å². The van der Waals surface area contributed by atoms with E-state index in [9.17, 15) is 4.79 Å². The lowest BCUT2D eigenvalue weighted by molar-refractivity contribution is 0.0994. The highest BCUT2D eigenvalue weighted by Crippen LogP contribution is 2.23. The van der Waals surface area contributed by atoms with Gasteiger partial charge in [-0.15, -0.1) is 0 Å². The molecule has 4 N–H and O–H groups in total. The summed E-state index contributed by atoms with van der Waals surface area (Å²) >= 11 is 5.85. The van der Waals surface area contributed by atoms with Crippen molar-refractivity contribution in [1.29, 1.82) is 0 Å². The zero-order chi connectivity index (χ0) is 14.3. The molecule has 20 heavy (non-hydrogen) atoms. The molecule has 0 unspecified atom stereocenters. The Hall–Kier alpha value is -2.60. The highest BCUT2D eigenvalue weighted by Gasteiger charge is 2.13. The maximum absolute atomic E-state index is 11.4. The minimum absolute atomic E-state index is 0.224. The van der Waals surface area contributed by atoms with E-state index in [0.717, 1.165) is 5.56 Å². The van der Waals surface area contributed by atoms with Crippen molar-refractivity contribution in [2.24, 2.45) is 5.73 Å². The van der Waals surface area contributed by atoms with Crippen LogP contribution in [-0.4, -0.2) is 20.3 Å². The summed E-state index contributed by atoms with van der Waals surface area (Å²) in [6.07, 6.45) is 3.02. The van der Waals surface area contributed by atoms with Gasteiger partial charge in [0.15, 0.2) is 11.5 Å². The van der Waals surface area contributed by atoms with Gasteiger partial charge in [-0.2, -0.15) is 0 Å². The first-order valence-corrected chi connectivity index (χ1v) is 6.13. The van der Waals surface area contributed by atoms with Crippen molar-refractivity contribution in [3.05, 3.63) is 47.4 Å². The number of rotatable bonds is 2. The Morgan fingerprint density at radius 3 is 2.60 bits per heavy atom. The predicted octanol–water partition coefficient (Wildman–Crippen LogP) is 1.73. The van der Waals surface area contributed by atoms with Crippen LogP contribution in [0.2, 0.25) is 5.02 Å². The molecule has 2 aromatic heterocycles. The van der Waals surface area contributed by atoms with Gasteiger partial charge < -0.3 is 11.5 Å². The van der Waals surface area contributed by atoms with Crippen molar-refractivity contribution in [2.75, 3.05) is 5.73 Å². The molecule has 0 radical (unpaired) electrons. The fourth-order valence-electron chi connectivity index (χ4n) is 1.94. The molecule has 0 atom stereocenters. The molecule has 100 valence electrons. The third-order valence-corrected chi connectivity index (χ3v) is 3.16. The molecule has 0 aliphatic heterocycles. The van der Waals surface area contributed by atoms with Crippen LogP contribution in [0.15, 0.2) is 36.7 Å². The molecule has 0 spiro atoms. The monoisotopic (exact) mass is 287 g/mol. The number of nitrogen functional groups attached to an aromatic ring is 1. The molecule has 1 aromatic carbocycles. The van der Waals surface area contributed by atoms with Crippen LogP contribution in [0.3, 0.4) is 0 Å². The highest BCUT2D eigenvalue weighted by molar-refractivity contribution is 6.30. The van der Waals surface area contributed by atoms with Crippen LogP contribution in [0.5, 0.6) is 0 Å². The first-order valence-electron chi connectivity index (χ1n) is 5.75. The highest BCUT2D eigenvalue weighted by atomic mass is 35.5. The minimum Gasteiger partial charge on any atom is -0.381 e. The lowest BCUT2D eigenvalue weighted by Crippen LogP contribution is -2.16. The fourth-order valence-corrected chi connectivity index (χ4v) is 2.06. The summed E-state index contributed by atoms with van der Waals surface area (Å²) in [4.78, 5) is 19.7. The summed E-state index contributed by atoms with van der Waals surface area (Å²) in [5.74, 6) is -0.363. The predicted molar refractivity (Wildman–Crippen MR) is 76.4 cm³/mol.